The molecule has 2 aromatic rings. The van der Waals surface area contributed by atoms with Gasteiger partial charge in [0.2, 0.25) is 11.8 Å². The van der Waals surface area contributed by atoms with Gasteiger partial charge in [0.25, 0.3) is 0 Å². The fourth-order valence-electron chi connectivity index (χ4n) is 2.56. The number of pyridine rings is 1. The fourth-order valence-corrected chi connectivity index (χ4v) is 2.56. The van der Waals surface area contributed by atoms with Gasteiger partial charge in [-0.3, -0.25) is 14.6 Å². The van der Waals surface area contributed by atoms with Crippen LogP contribution in [0.25, 0.3) is 10.9 Å². The first-order valence-corrected chi connectivity index (χ1v) is 7.16. The number of amides is 2. The molecule has 1 atom stereocenters. The predicted molar refractivity (Wildman–Crippen MR) is 82.4 cm³/mol. The van der Waals surface area contributed by atoms with Crippen LogP contribution in [-0.4, -0.2) is 47.5 Å². The molecule has 6 nitrogen and oxygen atoms in total. The lowest BCUT2D eigenvalue weighted by molar-refractivity contribution is -0.144. The summed E-state index contributed by atoms with van der Waals surface area (Å²) in [6.45, 7) is 2.57. The van der Waals surface area contributed by atoms with E-state index in [9.17, 15) is 9.59 Å². The Morgan fingerprint density at radius 3 is 3.00 bits per heavy atom. The highest BCUT2D eigenvalue weighted by Gasteiger charge is 2.31. The van der Waals surface area contributed by atoms with Gasteiger partial charge in [-0.15, -0.1) is 0 Å². The average Bonchev–Trinajstić information content (AvgIpc) is 2.54. The number of nitrogens with zero attached hydrogens (tertiary/aromatic N) is 2. The standard InChI is InChI=1S/C16H17N3O3/c1-11(20)19-6-7-22-10-15(19)16(21)18-13-8-12-4-2-3-5-14(12)17-9-13/h2-5,8-9,15H,6-7,10H2,1H3,(H,18,21). The van der Waals surface area contributed by atoms with E-state index in [2.05, 4.69) is 10.3 Å². The molecule has 1 aromatic heterocycles. The first kappa shape index (κ1) is 14.5. The van der Waals surface area contributed by atoms with Crippen LogP contribution >= 0.6 is 0 Å². The van der Waals surface area contributed by atoms with Crippen LogP contribution in [0.1, 0.15) is 6.92 Å². The number of fused-ring (bicyclic) bond motifs is 1. The number of nitrogens with one attached hydrogen (secondary N) is 1. The number of carbonyl (C=O) groups excluding carboxylic acids is 2. The molecule has 0 bridgehead atoms. The lowest BCUT2D eigenvalue weighted by Gasteiger charge is -2.33. The summed E-state index contributed by atoms with van der Waals surface area (Å²) in [5.41, 5.74) is 1.48. The third-order valence-electron chi connectivity index (χ3n) is 3.69. The second-order valence-electron chi connectivity index (χ2n) is 5.21. The third kappa shape index (κ3) is 2.92. The van der Waals surface area contributed by atoms with Crippen molar-refractivity contribution in [2.45, 2.75) is 13.0 Å². The lowest BCUT2D eigenvalue weighted by Crippen LogP contribution is -2.53. The van der Waals surface area contributed by atoms with Crippen LogP contribution in [-0.2, 0) is 14.3 Å². The Balaban J connectivity index is 1.78. The summed E-state index contributed by atoms with van der Waals surface area (Å²) in [4.78, 5) is 29.9. The summed E-state index contributed by atoms with van der Waals surface area (Å²) in [5, 5.41) is 3.76. The van der Waals surface area contributed by atoms with Gasteiger partial charge >= 0.3 is 0 Å². The van der Waals surface area contributed by atoms with E-state index in [0.29, 0.717) is 18.8 Å². The van der Waals surface area contributed by atoms with E-state index < -0.39 is 6.04 Å². The van der Waals surface area contributed by atoms with Crippen molar-refractivity contribution in [3.8, 4) is 0 Å². The molecule has 1 saturated heterocycles. The minimum Gasteiger partial charge on any atom is -0.377 e. The Kier molecular flexibility index (Phi) is 4.02. The fraction of sp³-hybridized carbons (Fsp3) is 0.312. The van der Waals surface area contributed by atoms with Crippen molar-refractivity contribution >= 4 is 28.4 Å². The maximum Gasteiger partial charge on any atom is 0.249 e. The maximum atomic E-state index is 12.4. The second-order valence-corrected chi connectivity index (χ2v) is 5.21. The number of hydrogen-bond acceptors (Lipinski definition) is 4. The van der Waals surface area contributed by atoms with Gasteiger partial charge < -0.3 is 15.0 Å². The Hall–Kier alpha value is -2.47. The smallest absolute Gasteiger partial charge is 0.249 e. The first-order valence-electron chi connectivity index (χ1n) is 7.16. The van der Waals surface area contributed by atoms with Gasteiger partial charge in [-0.05, 0) is 12.1 Å². The molecule has 3 rings (SSSR count). The molecule has 2 amide bonds. The molecule has 1 aliphatic heterocycles. The number of benzene rings is 1. The molecule has 114 valence electrons. The van der Waals surface area contributed by atoms with Crippen molar-refractivity contribution < 1.29 is 14.3 Å². The van der Waals surface area contributed by atoms with E-state index in [1.54, 1.807) is 6.20 Å². The van der Waals surface area contributed by atoms with Gasteiger partial charge in [0.1, 0.15) is 6.04 Å². The summed E-state index contributed by atoms with van der Waals surface area (Å²) in [5.74, 6) is -0.382. The lowest BCUT2D eigenvalue weighted by atomic mass is 10.2. The quantitative estimate of drug-likeness (QED) is 0.910. The van der Waals surface area contributed by atoms with Gasteiger partial charge in [0, 0.05) is 18.9 Å². The van der Waals surface area contributed by atoms with Crippen LogP contribution < -0.4 is 5.32 Å². The highest BCUT2D eigenvalue weighted by atomic mass is 16.5. The van der Waals surface area contributed by atoms with Gasteiger partial charge in [0.15, 0.2) is 0 Å². The van der Waals surface area contributed by atoms with Crippen LogP contribution in [0.2, 0.25) is 0 Å². The number of hydrogen-bond donors (Lipinski definition) is 1. The molecule has 1 aromatic carbocycles. The zero-order valence-electron chi connectivity index (χ0n) is 12.3. The number of ether oxygens (including phenoxy) is 1. The highest BCUT2D eigenvalue weighted by molar-refractivity contribution is 5.98. The Labute approximate surface area is 128 Å². The van der Waals surface area contributed by atoms with Crippen molar-refractivity contribution in [1.29, 1.82) is 0 Å². The zero-order chi connectivity index (χ0) is 15.5. The van der Waals surface area contributed by atoms with Gasteiger partial charge in [-0.25, -0.2) is 0 Å². The van der Waals surface area contributed by atoms with E-state index in [-0.39, 0.29) is 18.4 Å². The van der Waals surface area contributed by atoms with E-state index in [4.69, 9.17) is 4.74 Å². The van der Waals surface area contributed by atoms with Gasteiger partial charge in [0.05, 0.1) is 30.6 Å². The minimum atomic E-state index is -0.599. The van der Waals surface area contributed by atoms with Crippen molar-refractivity contribution in [2.75, 3.05) is 25.1 Å². The van der Waals surface area contributed by atoms with Gasteiger partial charge in [-0.1, -0.05) is 18.2 Å². The number of carbonyl (C=O) groups is 2. The Bertz CT molecular complexity index is 717. The number of rotatable bonds is 2. The number of para-hydroxylation sites is 1. The molecule has 1 fully saturated rings. The molecule has 2 heterocycles. The van der Waals surface area contributed by atoms with Crippen molar-refractivity contribution in [2.24, 2.45) is 0 Å². The number of aromatic nitrogens is 1. The van der Waals surface area contributed by atoms with E-state index in [1.807, 2.05) is 30.3 Å². The van der Waals surface area contributed by atoms with Crippen LogP contribution in [0.5, 0.6) is 0 Å². The van der Waals surface area contributed by atoms with Crippen LogP contribution in [0.3, 0.4) is 0 Å². The molecular formula is C16H17N3O3. The molecule has 1 unspecified atom stereocenters. The molecule has 0 aliphatic carbocycles. The molecular weight excluding hydrogens is 282 g/mol. The normalized spacial score (nSPS) is 18.2. The number of morpholine rings is 1. The Morgan fingerprint density at radius 1 is 1.36 bits per heavy atom. The summed E-state index contributed by atoms with van der Waals surface area (Å²) in [6.07, 6.45) is 1.61. The summed E-state index contributed by atoms with van der Waals surface area (Å²) in [7, 11) is 0. The summed E-state index contributed by atoms with van der Waals surface area (Å²) in [6, 6.07) is 8.94. The molecule has 0 saturated carbocycles. The molecule has 6 heteroatoms. The highest BCUT2D eigenvalue weighted by Crippen LogP contribution is 2.17. The number of anilines is 1. The molecule has 22 heavy (non-hydrogen) atoms. The van der Waals surface area contributed by atoms with Crippen LogP contribution in [0, 0.1) is 0 Å². The topological polar surface area (TPSA) is 71.5 Å². The first-order chi connectivity index (χ1) is 10.6. The van der Waals surface area contributed by atoms with Crippen molar-refractivity contribution in [3.05, 3.63) is 36.5 Å². The van der Waals surface area contributed by atoms with E-state index in [1.165, 1.54) is 11.8 Å². The summed E-state index contributed by atoms with van der Waals surface area (Å²) >= 11 is 0. The van der Waals surface area contributed by atoms with Crippen molar-refractivity contribution in [3.63, 3.8) is 0 Å². The van der Waals surface area contributed by atoms with E-state index in [0.717, 1.165) is 10.9 Å². The molecule has 1 aliphatic rings. The average molecular weight is 299 g/mol. The molecule has 1 N–H and O–H groups in total. The minimum absolute atomic E-state index is 0.125. The zero-order valence-corrected chi connectivity index (χ0v) is 12.3. The van der Waals surface area contributed by atoms with Crippen molar-refractivity contribution in [1.82, 2.24) is 9.88 Å². The molecule has 0 radical (unpaired) electrons. The van der Waals surface area contributed by atoms with Crippen LogP contribution in [0.15, 0.2) is 36.5 Å². The van der Waals surface area contributed by atoms with Gasteiger partial charge in [-0.2, -0.15) is 0 Å². The van der Waals surface area contributed by atoms with Crippen LogP contribution in [0.4, 0.5) is 5.69 Å². The third-order valence-corrected chi connectivity index (χ3v) is 3.69. The largest absolute Gasteiger partial charge is 0.377 e. The molecule has 0 spiro atoms. The monoisotopic (exact) mass is 299 g/mol. The maximum absolute atomic E-state index is 12.4. The van der Waals surface area contributed by atoms with E-state index >= 15 is 0 Å². The predicted octanol–water partition coefficient (Wildman–Crippen LogP) is 1.42. The Morgan fingerprint density at radius 2 is 2.18 bits per heavy atom. The SMILES string of the molecule is CC(=O)N1CCOCC1C(=O)Nc1cnc2ccccc2c1. The second kappa shape index (κ2) is 6.11. The summed E-state index contributed by atoms with van der Waals surface area (Å²) < 4.78 is 5.32.